The molecule has 0 atom stereocenters. The van der Waals surface area contributed by atoms with Gasteiger partial charge in [0, 0.05) is 11.1 Å². The Bertz CT molecular complexity index is 1140. The maximum Gasteiger partial charge on any atom is 0.257 e. The summed E-state index contributed by atoms with van der Waals surface area (Å²) in [6.07, 6.45) is 1.83. The fourth-order valence-electron chi connectivity index (χ4n) is 2.77. The van der Waals surface area contributed by atoms with E-state index in [4.69, 9.17) is 21.1 Å². The van der Waals surface area contributed by atoms with Gasteiger partial charge in [-0.05, 0) is 12.1 Å². The molecular formula is C18H11ClN4O3S. The third kappa shape index (κ3) is 2.88. The summed E-state index contributed by atoms with van der Waals surface area (Å²) < 4.78 is 12.2. The van der Waals surface area contributed by atoms with Gasteiger partial charge in [-0.3, -0.25) is 10.1 Å². The van der Waals surface area contributed by atoms with Gasteiger partial charge >= 0.3 is 0 Å². The number of rotatable bonds is 3. The zero-order chi connectivity index (χ0) is 18.4. The Morgan fingerprint density at radius 1 is 1.22 bits per heavy atom. The van der Waals surface area contributed by atoms with Crippen molar-refractivity contribution in [1.82, 2.24) is 14.6 Å². The standard InChI is InChI=1S/C18H11ClN4O3S/c19-12-6-11(7-14-15(12)26-9-25-14)16(24)21-17-22-23-8-13(20-18(23)27-17)10-4-2-1-3-5-10/h1-8H,9H2,(H,21,22,24). The molecule has 7 nitrogen and oxygen atoms in total. The van der Waals surface area contributed by atoms with Gasteiger partial charge in [0.15, 0.2) is 11.5 Å². The third-order valence-electron chi connectivity index (χ3n) is 4.02. The van der Waals surface area contributed by atoms with Gasteiger partial charge in [-0.25, -0.2) is 9.50 Å². The molecule has 1 aliphatic heterocycles. The number of fused-ring (bicyclic) bond motifs is 2. The molecule has 3 heterocycles. The van der Waals surface area contributed by atoms with Gasteiger partial charge in [-0.1, -0.05) is 53.3 Å². The van der Waals surface area contributed by atoms with Crippen molar-refractivity contribution >= 4 is 38.9 Å². The number of amides is 1. The van der Waals surface area contributed by atoms with Gasteiger partial charge in [0.25, 0.3) is 5.91 Å². The summed E-state index contributed by atoms with van der Waals surface area (Å²) in [7, 11) is 0. The molecule has 27 heavy (non-hydrogen) atoms. The maximum absolute atomic E-state index is 12.5. The molecule has 0 bridgehead atoms. The second-order valence-corrected chi connectivity index (χ2v) is 7.14. The van der Waals surface area contributed by atoms with Crippen LogP contribution in [0.5, 0.6) is 11.5 Å². The number of anilines is 1. The highest BCUT2D eigenvalue weighted by atomic mass is 35.5. The van der Waals surface area contributed by atoms with Crippen LogP contribution in [0.1, 0.15) is 10.4 Å². The highest BCUT2D eigenvalue weighted by Crippen LogP contribution is 2.40. The van der Waals surface area contributed by atoms with Crippen LogP contribution in [0.15, 0.2) is 48.7 Å². The predicted octanol–water partition coefficient (Wildman–Crippen LogP) is 4.09. The molecule has 0 spiro atoms. The van der Waals surface area contributed by atoms with Gasteiger partial charge in [-0.2, -0.15) is 0 Å². The minimum absolute atomic E-state index is 0.0908. The van der Waals surface area contributed by atoms with Crippen LogP contribution in [0.4, 0.5) is 5.13 Å². The fourth-order valence-corrected chi connectivity index (χ4v) is 3.81. The summed E-state index contributed by atoms with van der Waals surface area (Å²) in [5.74, 6) is 0.568. The lowest BCUT2D eigenvalue weighted by Gasteiger charge is -2.04. The lowest BCUT2D eigenvalue weighted by Crippen LogP contribution is -2.12. The van der Waals surface area contributed by atoms with E-state index in [0.29, 0.717) is 32.2 Å². The van der Waals surface area contributed by atoms with Gasteiger partial charge in [0.05, 0.1) is 16.9 Å². The van der Waals surface area contributed by atoms with Crippen LogP contribution in [0.2, 0.25) is 5.02 Å². The molecule has 0 saturated heterocycles. The number of carbonyl (C=O) groups is 1. The number of imidazole rings is 1. The zero-order valence-electron chi connectivity index (χ0n) is 13.7. The van der Waals surface area contributed by atoms with Gasteiger partial charge in [0.1, 0.15) is 0 Å². The Morgan fingerprint density at radius 3 is 2.89 bits per heavy atom. The van der Waals surface area contributed by atoms with Crippen LogP contribution in [0.25, 0.3) is 16.2 Å². The van der Waals surface area contributed by atoms with E-state index >= 15 is 0 Å². The molecule has 0 saturated carbocycles. The topological polar surface area (TPSA) is 77.8 Å². The Balaban J connectivity index is 1.39. The number of nitrogens with zero attached hydrogens (tertiary/aromatic N) is 3. The van der Waals surface area contributed by atoms with Gasteiger partial charge in [0.2, 0.25) is 16.9 Å². The highest BCUT2D eigenvalue weighted by molar-refractivity contribution is 7.20. The number of hydrogen-bond donors (Lipinski definition) is 1. The van der Waals surface area contributed by atoms with Gasteiger partial charge in [-0.15, -0.1) is 5.10 Å². The van der Waals surface area contributed by atoms with E-state index < -0.39 is 0 Å². The molecule has 0 unspecified atom stereocenters. The predicted molar refractivity (Wildman–Crippen MR) is 102 cm³/mol. The van der Waals surface area contributed by atoms with Gasteiger partial charge < -0.3 is 9.47 Å². The lowest BCUT2D eigenvalue weighted by atomic mass is 10.2. The second-order valence-electron chi connectivity index (χ2n) is 5.77. The van der Waals surface area contributed by atoms with Crippen molar-refractivity contribution in [3.63, 3.8) is 0 Å². The molecular weight excluding hydrogens is 388 g/mol. The molecule has 1 aliphatic rings. The quantitative estimate of drug-likeness (QED) is 0.562. The van der Waals surface area contributed by atoms with Crippen LogP contribution >= 0.6 is 22.9 Å². The molecule has 0 radical (unpaired) electrons. The smallest absolute Gasteiger partial charge is 0.257 e. The molecule has 9 heteroatoms. The van der Waals surface area contributed by atoms with E-state index in [0.717, 1.165) is 11.3 Å². The minimum Gasteiger partial charge on any atom is -0.454 e. The van der Waals surface area contributed by atoms with E-state index in [9.17, 15) is 4.79 Å². The zero-order valence-corrected chi connectivity index (χ0v) is 15.3. The number of carbonyl (C=O) groups excluding carboxylic acids is 1. The number of hydrogen-bond acceptors (Lipinski definition) is 6. The van der Waals surface area contributed by atoms with Crippen molar-refractivity contribution in [2.24, 2.45) is 0 Å². The highest BCUT2D eigenvalue weighted by Gasteiger charge is 2.21. The largest absolute Gasteiger partial charge is 0.454 e. The van der Waals surface area contributed by atoms with Crippen LogP contribution in [0.3, 0.4) is 0 Å². The van der Waals surface area contributed by atoms with E-state index in [1.807, 2.05) is 36.5 Å². The normalized spacial score (nSPS) is 12.5. The first-order valence-electron chi connectivity index (χ1n) is 7.99. The first-order valence-corrected chi connectivity index (χ1v) is 9.19. The van der Waals surface area contributed by atoms with Crippen LogP contribution < -0.4 is 14.8 Å². The Labute approximate surface area is 162 Å². The molecule has 2 aromatic carbocycles. The van der Waals surface area contributed by atoms with E-state index in [1.54, 1.807) is 10.6 Å². The summed E-state index contributed by atoms with van der Waals surface area (Å²) in [6.45, 7) is 0.0908. The maximum atomic E-state index is 12.5. The summed E-state index contributed by atoms with van der Waals surface area (Å²) in [5.41, 5.74) is 2.20. The Hall–Kier alpha value is -3.10. The summed E-state index contributed by atoms with van der Waals surface area (Å²) in [4.78, 5) is 17.8. The fraction of sp³-hybridized carbons (Fsp3) is 0.0556. The number of ether oxygens (including phenoxy) is 2. The number of nitrogens with one attached hydrogen (secondary N) is 1. The van der Waals surface area contributed by atoms with Crippen molar-refractivity contribution in [3.8, 4) is 22.8 Å². The summed E-state index contributed by atoms with van der Waals surface area (Å²) >= 11 is 7.42. The number of benzene rings is 2. The molecule has 2 aromatic heterocycles. The molecule has 0 aliphatic carbocycles. The summed E-state index contributed by atoms with van der Waals surface area (Å²) in [5, 5.41) is 7.91. The number of halogens is 1. The first kappa shape index (κ1) is 16.1. The first-order chi connectivity index (χ1) is 13.2. The van der Waals surface area contributed by atoms with Crippen molar-refractivity contribution < 1.29 is 14.3 Å². The van der Waals surface area contributed by atoms with Crippen molar-refractivity contribution in [3.05, 3.63) is 59.2 Å². The average molecular weight is 399 g/mol. The SMILES string of the molecule is O=C(Nc1nn2cc(-c3ccccc3)nc2s1)c1cc(Cl)c2c(c1)OCO2. The van der Waals surface area contributed by atoms with Crippen molar-refractivity contribution in [1.29, 1.82) is 0 Å². The third-order valence-corrected chi connectivity index (χ3v) is 5.14. The lowest BCUT2D eigenvalue weighted by molar-refractivity contribution is 0.102. The Kier molecular flexibility index (Phi) is 3.73. The number of aromatic nitrogens is 3. The van der Waals surface area contributed by atoms with Crippen molar-refractivity contribution in [2.75, 3.05) is 12.1 Å². The molecule has 1 amide bonds. The van der Waals surface area contributed by atoms with Crippen molar-refractivity contribution in [2.45, 2.75) is 0 Å². The molecule has 4 aromatic rings. The van der Waals surface area contributed by atoms with Crippen LogP contribution in [-0.2, 0) is 0 Å². The molecule has 1 N–H and O–H groups in total. The van der Waals surface area contributed by atoms with Crippen LogP contribution in [-0.4, -0.2) is 27.3 Å². The van der Waals surface area contributed by atoms with E-state index in [1.165, 1.54) is 17.4 Å². The minimum atomic E-state index is -0.338. The summed E-state index contributed by atoms with van der Waals surface area (Å²) in [6, 6.07) is 13.0. The molecule has 5 rings (SSSR count). The second kappa shape index (κ2) is 6.26. The monoisotopic (exact) mass is 398 g/mol. The average Bonchev–Trinajstić information content (AvgIpc) is 3.36. The van der Waals surface area contributed by atoms with Crippen LogP contribution in [0, 0.1) is 0 Å². The van der Waals surface area contributed by atoms with E-state index in [-0.39, 0.29) is 12.7 Å². The Morgan fingerprint density at radius 2 is 2.07 bits per heavy atom. The van der Waals surface area contributed by atoms with E-state index in [2.05, 4.69) is 15.4 Å². The molecule has 0 fully saturated rings. The molecule has 134 valence electrons.